The summed E-state index contributed by atoms with van der Waals surface area (Å²) in [6.45, 7) is 7.05. The van der Waals surface area contributed by atoms with Gasteiger partial charge in [0.2, 0.25) is 5.91 Å². The van der Waals surface area contributed by atoms with Crippen LogP contribution in [0.2, 0.25) is 0 Å². The topological polar surface area (TPSA) is 70.7 Å². The zero-order valence-corrected chi connectivity index (χ0v) is 15.6. The van der Waals surface area contributed by atoms with Crippen LogP contribution in [0.5, 0.6) is 0 Å². The number of nitrogens with zero attached hydrogens (tertiary/aromatic N) is 3. The smallest absolute Gasteiger partial charge is 0.249 e. The van der Waals surface area contributed by atoms with Gasteiger partial charge < -0.3 is 5.32 Å². The van der Waals surface area contributed by atoms with E-state index in [2.05, 4.69) is 23.4 Å². The van der Waals surface area contributed by atoms with E-state index >= 15 is 0 Å². The van der Waals surface area contributed by atoms with Crippen molar-refractivity contribution in [2.45, 2.75) is 46.6 Å². The summed E-state index contributed by atoms with van der Waals surface area (Å²) in [5.74, 6) is 0.422. The summed E-state index contributed by atoms with van der Waals surface area (Å²) in [7, 11) is 0. The van der Waals surface area contributed by atoms with Gasteiger partial charge in [0.25, 0.3) is 0 Å². The van der Waals surface area contributed by atoms with Crippen molar-refractivity contribution in [3.63, 3.8) is 0 Å². The molecule has 1 aliphatic rings. The van der Waals surface area contributed by atoms with Crippen molar-refractivity contribution in [1.82, 2.24) is 9.78 Å². The maximum Gasteiger partial charge on any atom is 0.249 e. The van der Waals surface area contributed by atoms with Gasteiger partial charge in [0.15, 0.2) is 0 Å². The van der Waals surface area contributed by atoms with Gasteiger partial charge in [-0.15, -0.1) is 11.3 Å². The summed E-state index contributed by atoms with van der Waals surface area (Å²) in [6, 6.07) is 2.28. The standard InChI is InChI=1S/C19H22N4OS/c1-4-23-13(3)14(11-21-23)6-8-18(24)22-19-16(10-20)15-7-5-12(2)9-17(15)25-19/h6,8,11-12H,4-5,7,9H2,1-3H3,(H,22,24)/b8-6+/t12-/m1/s1. The third-order valence-corrected chi connectivity index (χ3v) is 5.88. The molecule has 2 heterocycles. The van der Waals surface area contributed by atoms with Crippen LogP contribution in [0, 0.1) is 24.2 Å². The Balaban J connectivity index is 1.76. The lowest BCUT2D eigenvalue weighted by molar-refractivity contribution is -0.111. The summed E-state index contributed by atoms with van der Waals surface area (Å²) in [5.41, 5.74) is 3.73. The van der Waals surface area contributed by atoms with Crippen molar-refractivity contribution < 1.29 is 4.79 Å². The summed E-state index contributed by atoms with van der Waals surface area (Å²) >= 11 is 1.55. The second-order valence-electron chi connectivity index (χ2n) is 6.49. The van der Waals surface area contributed by atoms with Crippen LogP contribution in [0.3, 0.4) is 0 Å². The summed E-state index contributed by atoms with van der Waals surface area (Å²) in [5, 5.41) is 17.3. The highest BCUT2D eigenvalue weighted by Gasteiger charge is 2.24. The number of nitriles is 1. The van der Waals surface area contributed by atoms with Gasteiger partial charge in [0, 0.05) is 28.8 Å². The van der Waals surface area contributed by atoms with Crippen LogP contribution in [-0.2, 0) is 24.2 Å². The van der Waals surface area contributed by atoms with Crippen LogP contribution < -0.4 is 5.32 Å². The van der Waals surface area contributed by atoms with Crippen molar-refractivity contribution in [2.24, 2.45) is 5.92 Å². The lowest BCUT2D eigenvalue weighted by Crippen LogP contribution is -2.10. The molecule has 2 aromatic rings. The van der Waals surface area contributed by atoms with Gasteiger partial charge in [-0.2, -0.15) is 10.4 Å². The molecule has 0 saturated heterocycles. The highest BCUT2D eigenvalue weighted by molar-refractivity contribution is 7.16. The Morgan fingerprint density at radius 2 is 2.40 bits per heavy atom. The fourth-order valence-electron chi connectivity index (χ4n) is 3.22. The number of hydrogen-bond donors (Lipinski definition) is 1. The molecular weight excluding hydrogens is 332 g/mol. The number of hydrogen-bond acceptors (Lipinski definition) is 4. The quantitative estimate of drug-likeness (QED) is 0.846. The predicted octanol–water partition coefficient (Wildman–Crippen LogP) is 3.92. The Hall–Kier alpha value is -2.39. The van der Waals surface area contributed by atoms with Crippen LogP contribution in [0.15, 0.2) is 12.3 Å². The fraction of sp³-hybridized carbons (Fsp3) is 0.421. The van der Waals surface area contributed by atoms with Gasteiger partial charge in [-0.05, 0) is 50.7 Å². The molecule has 0 aliphatic heterocycles. The lowest BCUT2D eigenvalue weighted by Gasteiger charge is -2.17. The van der Waals surface area contributed by atoms with E-state index in [0.717, 1.165) is 42.6 Å². The molecule has 25 heavy (non-hydrogen) atoms. The van der Waals surface area contributed by atoms with Crippen LogP contribution in [0.4, 0.5) is 5.00 Å². The number of nitrogens with one attached hydrogen (secondary N) is 1. The second kappa shape index (κ2) is 7.24. The first-order valence-corrected chi connectivity index (χ1v) is 9.41. The van der Waals surface area contributed by atoms with Crippen LogP contribution in [0.25, 0.3) is 6.08 Å². The highest BCUT2D eigenvalue weighted by atomic mass is 32.1. The number of anilines is 1. The molecule has 1 N–H and O–H groups in total. The number of aryl methyl sites for hydroxylation is 1. The number of thiophene rings is 1. The molecule has 0 unspecified atom stereocenters. The molecule has 0 spiro atoms. The highest BCUT2D eigenvalue weighted by Crippen LogP contribution is 2.39. The minimum atomic E-state index is -0.216. The molecule has 0 bridgehead atoms. The molecule has 3 rings (SSSR count). The molecule has 1 amide bonds. The lowest BCUT2D eigenvalue weighted by atomic mass is 9.89. The molecule has 1 atom stereocenters. The molecule has 0 aromatic carbocycles. The Morgan fingerprint density at radius 1 is 1.60 bits per heavy atom. The Kier molecular flexibility index (Phi) is 5.05. The van der Waals surface area contributed by atoms with Crippen LogP contribution in [-0.4, -0.2) is 15.7 Å². The molecule has 6 heteroatoms. The third kappa shape index (κ3) is 3.52. The maximum atomic E-state index is 12.3. The van der Waals surface area contributed by atoms with Crippen LogP contribution >= 0.6 is 11.3 Å². The van der Waals surface area contributed by atoms with Gasteiger partial charge in [-0.25, -0.2) is 0 Å². The van der Waals surface area contributed by atoms with Gasteiger partial charge >= 0.3 is 0 Å². The Morgan fingerprint density at radius 3 is 3.08 bits per heavy atom. The monoisotopic (exact) mass is 354 g/mol. The summed E-state index contributed by atoms with van der Waals surface area (Å²) in [6.07, 6.45) is 8.06. The average molecular weight is 354 g/mol. The number of fused-ring (bicyclic) bond motifs is 1. The SMILES string of the molecule is CCn1ncc(/C=C/C(=O)Nc2sc3c(c2C#N)CC[C@@H](C)C3)c1C. The van der Waals surface area contributed by atoms with Gasteiger partial charge in [-0.1, -0.05) is 6.92 Å². The van der Waals surface area contributed by atoms with E-state index in [1.54, 1.807) is 23.6 Å². The van der Waals surface area contributed by atoms with Gasteiger partial charge in [0.05, 0.1) is 11.8 Å². The average Bonchev–Trinajstić information content (AvgIpc) is 3.11. The number of amides is 1. The van der Waals surface area contributed by atoms with Crippen molar-refractivity contribution in [3.05, 3.63) is 39.5 Å². The van der Waals surface area contributed by atoms with Gasteiger partial charge in [0.1, 0.15) is 11.1 Å². The van der Waals surface area contributed by atoms with E-state index in [4.69, 9.17) is 0 Å². The first-order valence-electron chi connectivity index (χ1n) is 8.59. The largest absolute Gasteiger partial charge is 0.313 e. The van der Waals surface area contributed by atoms with E-state index in [9.17, 15) is 10.1 Å². The third-order valence-electron chi connectivity index (χ3n) is 4.72. The minimum Gasteiger partial charge on any atom is -0.313 e. The molecule has 5 nitrogen and oxygen atoms in total. The molecule has 2 aromatic heterocycles. The number of carbonyl (C=O) groups is 1. The summed E-state index contributed by atoms with van der Waals surface area (Å²) < 4.78 is 1.89. The second-order valence-corrected chi connectivity index (χ2v) is 7.60. The van der Waals surface area contributed by atoms with Crippen molar-refractivity contribution in [2.75, 3.05) is 5.32 Å². The Labute approximate surface area is 152 Å². The molecule has 130 valence electrons. The van der Waals surface area contributed by atoms with E-state index < -0.39 is 0 Å². The molecule has 0 radical (unpaired) electrons. The van der Waals surface area contributed by atoms with Crippen molar-refractivity contribution >= 4 is 28.3 Å². The zero-order valence-electron chi connectivity index (χ0n) is 14.8. The van der Waals surface area contributed by atoms with Crippen LogP contribution in [0.1, 0.15) is 47.5 Å². The van der Waals surface area contributed by atoms with Crippen molar-refractivity contribution in [3.8, 4) is 6.07 Å². The predicted molar refractivity (Wildman–Crippen MR) is 101 cm³/mol. The Bertz CT molecular complexity index is 869. The maximum absolute atomic E-state index is 12.3. The first kappa shape index (κ1) is 17.4. The normalized spacial score (nSPS) is 16.6. The van der Waals surface area contributed by atoms with E-state index in [1.165, 1.54) is 11.0 Å². The molecule has 1 aliphatic carbocycles. The molecular formula is C19H22N4OS. The summed E-state index contributed by atoms with van der Waals surface area (Å²) in [4.78, 5) is 13.5. The van der Waals surface area contributed by atoms with E-state index in [-0.39, 0.29) is 5.91 Å². The van der Waals surface area contributed by atoms with E-state index in [0.29, 0.717) is 16.5 Å². The number of carbonyl (C=O) groups excluding carboxylic acids is 1. The fourth-order valence-corrected chi connectivity index (χ4v) is 4.58. The number of aromatic nitrogens is 2. The zero-order chi connectivity index (χ0) is 18.0. The van der Waals surface area contributed by atoms with E-state index in [1.807, 2.05) is 18.5 Å². The van der Waals surface area contributed by atoms with Gasteiger partial charge in [-0.3, -0.25) is 9.48 Å². The number of rotatable bonds is 4. The minimum absolute atomic E-state index is 0.216. The molecule has 0 fully saturated rings. The molecule has 0 saturated carbocycles. The van der Waals surface area contributed by atoms with Crippen molar-refractivity contribution in [1.29, 1.82) is 5.26 Å². The first-order chi connectivity index (χ1) is 12.0.